The summed E-state index contributed by atoms with van der Waals surface area (Å²) >= 11 is 3.43. The zero-order chi connectivity index (χ0) is 13.5. The fourth-order valence-electron chi connectivity index (χ4n) is 1.78. The van der Waals surface area contributed by atoms with Crippen LogP contribution in [0.25, 0.3) is 11.5 Å². The number of aromatic nitrogens is 3. The monoisotopic (exact) mass is 324 g/mol. The van der Waals surface area contributed by atoms with Gasteiger partial charge in [0.15, 0.2) is 0 Å². The van der Waals surface area contributed by atoms with Gasteiger partial charge in [0, 0.05) is 17.1 Å². The molecule has 0 bridgehead atoms. The van der Waals surface area contributed by atoms with Gasteiger partial charge < -0.3 is 10.3 Å². The summed E-state index contributed by atoms with van der Waals surface area (Å²) in [6.45, 7) is 0.762. The van der Waals surface area contributed by atoms with E-state index in [1.807, 2.05) is 12.1 Å². The van der Waals surface area contributed by atoms with Crippen LogP contribution in [-0.4, -0.2) is 21.7 Å². The van der Waals surface area contributed by atoms with Crippen molar-refractivity contribution in [2.24, 2.45) is 5.73 Å². The third kappa shape index (κ3) is 4.11. The number of hydrogen-bond acceptors (Lipinski definition) is 5. The number of aryl methyl sites for hydroxylation is 1. The normalized spacial score (nSPS) is 10.8. The first kappa shape index (κ1) is 14.1. The fourth-order valence-corrected chi connectivity index (χ4v) is 2.21. The lowest BCUT2D eigenvalue weighted by molar-refractivity contribution is 0.374. The zero-order valence-corrected chi connectivity index (χ0v) is 12.3. The molecule has 0 saturated heterocycles. The topological polar surface area (TPSA) is 77.8 Å². The molecule has 19 heavy (non-hydrogen) atoms. The highest BCUT2D eigenvalue weighted by Crippen LogP contribution is 2.23. The summed E-state index contributed by atoms with van der Waals surface area (Å²) in [4.78, 5) is 8.60. The van der Waals surface area contributed by atoms with Crippen LogP contribution in [0.4, 0.5) is 0 Å². The quantitative estimate of drug-likeness (QED) is 0.792. The summed E-state index contributed by atoms with van der Waals surface area (Å²) < 4.78 is 6.10. The van der Waals surface area contributed by atoms with Crippen LogP contribution < -0.4 is 5.73 Å². The van der Waals surface area contributed by atoms with E-state index in [0.29, 0.717) is 17.4 Å². The van der Waals surface area contributed by atoms with Crippen molar-refractivity contribution in [1.29, 1.82) is 0 Å². The van der Waals surface area contributed by atoms with Crippen molar-refractivity contribution >= 4 is 15.9 Å². The number of rotatable bonds is 7. The van der Waals surface area contributed by atoms with Gasteiger partial charge in [0.2, 0.25) is 11.7 Å². The molecule has 0 atom stereocenters. The van der Waals surface area contributed by atoms with E-state index in [1.165, 1.54) is 0 Å². The maximum absolute atomic E-state index is 5.45. The second-order valence-electron chi connectivity index (χ2n) is 4.30. The van der Waals surface area contributed by atoms with Gasteiger partial charge in [-0.15, -0.1) is 0 Å². The third-order valence-electron chi connectivity index (χ3n) is 2.78. The summed E-state index contributed by atoms with van der Waals surface area (Å²) in [5.74, 6) is 1.20. The van der Waals surface area contributed by atoms with E-state index in [4.69, 9.17) is 10.3 Å². The van der Waals surface area contributed by atoms with Gasteiger partial charge in [-0.2, -0.15) is 4.98 Å². The first-order chi connectivity index (χ1) is 9.31. The minimum Gasteiger partial charge on any atom is -0.339 e. The highest BCUT2D eigenvalue weighted by molar-refractivity contribution is 9.10. The van der Waals surface area contributed by atoms with Crippen LogP contribution in [-0.2, 0) is 6.42 Å². The van der Waals surface area contributed by atoms with Crippen LogP contribution in [0.5, 0.6) is 0 Å². The van der Waals surface area contributed by atoms with E-state index in [2.05, 4.69) is 31.1 Å². The molecule has 2 aromatic heterocycles. The van der Waals surface area contributed by atoms with Gasteiger partial charge in [0.05, 0.1) is 0 Å². The van der Waals surface area contributed by atoms with Crippen LogP contribution in [0, 0.1) is 0 Å². The van der Waals surface area contributed by atoms with E-state index in [9.17, 15) is 0 Å². The summed E-state index contributed by atoms with van der Waals surface area (Å²) in [7, 11) is 0. The van der Waals surface area contributed by atoms with E-state index in [1.54, 1.807) is 6.20 Å². The van der Waals surface area contributed by atoms with E-state index >= 15 is 0 Å². The lowest BCUT2D eigenvalue weighted by atomic mass is 10.1. The molecule has 0 amide bonds. The molecule has 5 nitrogen and oxygen atoms in total. The maximum Gasteiger partial charge on any atom is 0.227 e. The smallest absolute Gasteiger partial charge is 0.227 e. The second-order valence-corrected chi connectivity index (χ2v) is 5.15. The van der Waals surface area contributed by atoms with Crippen LogP contribution >= 0.6 is 15.9 Å². The van der Waals surface area contributed by atoms with Crippen LogP contribution in [0.1, 0.15) is 31.6 Å². The molecule has 2 aromatic rings. The van der Waals surface area contributed by atoms with Gasteiger partial charge in [0.1, 0.15) is 5.69 Å². The van der Waals surface area contributed by atoms with Crippen molar-refractivity contribution in [3.05, 3.63) is 28.7 Å². The van der Waals surface area contributed by atoms with Crippen LogP contribution in [0.3, 0.4) is 0 Å². The van der Waals surface area contributed by atoms with Gasteiger partial charge in [-0.3, -0.25) is 4.98 Å². The van der Waals surface area contributed by atoms with Crippen molar-refractivity contribution in [2.75, 3.05) is 6.54 Å². The van der Waals surface area contributed by atoms with Crippen LogP contribution in [0.2, 0.25) is 0 Å². The predicted octanol–water partition coefficient (Wildman–Crippen LogP) is 2.96. The molecule has 0 aliphatic carbocycles. The molecule has 102 valence electrons. The minimum absolute atomic E-state index is 0.532. The number of pyridine rings is 1. The van der Waals surface area contributed by atoms with Gasteiger partial charge in [0.25, 0.3) is 0 Å². The van der Waals surface area contributed by atoms with Crippen molar-refractivity contribution in [2.45, 2.75) is 32.1 Å². The van der Waals surface area contributed by atoms with Gasteiger partial charge in [-0.05, 0) is 47.4 Å². The third-order valence-corrected chi connectivity index (χ3v) is 3.42. The molecule has 0 spiro atoms. The predicted molar refractivity (Wildman–Crippen MR) is 76.5 cm³/mol. The fraction of sp³-hybridized carbons (Fsp3) is 0.462. The summed E-state index contributed by atoms with van der Waals surface area (Å²) in [6.07, 6.45) is 6.94. The molecular weight excluding hydrogens is 308 g/mol. The lowest BCUT2D eigenvalue weighted by Crippen LogP contribution is -1.97. The Hall–Kier alpha value is -1.27. The molecule has 2 rings (SSSR count). The van der Waals surface area contributed by atoms with E-state index < -0.39 is 0 Å². The molecule has 0 aliphatic heterocycles. The van der Waals surface area contributed by atoms with Crippen molar-refractivity contribution in [3.63, 3.8) is 0 Å². The number of halogens is 1. The Kier molecular flexibility index (Phi) is 5.47. The molecule has 0 radical (unpaired) electrons. The van der Waals surface area contributed by atoms with Crippen LogP contribution in [0.15, 0.2) is 27.3 Å². The largest absolute Gasteiger partial charge is 0.339 e. The standard InChI is InChI=1S/C13H17BrN4O/c14-10-6-5-9-16-12(10)13-17-11(19-18-13)7-3-1-2-4-8-15/h5-6,9H,1-4,7-8,15H2. The Morgan fingerprint density at radius 3 is 2.84 bits per heavy atom. The minimum atomic E-state index is 0.532. The first-order valence-electron chi connectivity index (χ1n) is 6.45. The first-order valence-corrected chi connectivity index (χ1v) is 7.24. The number of nitrogens with zero attached hydrogens (tertiary/aromatic N) is 3. The zero-order valence-electron chi connectivity index (χ0n) is 10.7. The maximum atomic E-state index is 5.45. The lowest BCUT2D eigenvalue weighted by Gasteiger charge is -1.96. The van der Waals surface area contributed by atoms with Crippen molar-refractivity contribution < 1.29 is 4.52 Å². The van der Waals surface area contributed by atoms with Gasteiger partial charge in [-0.1, -0.05) is 18.0 Å². The molecule has 6 heteroatoms. The van der Waals surface area contributed by atoms with Gasteiger partial charge in [-0.25, -0.2) is 0 Å². The number of hydrogen-bond donors (Lipinski definition) is 1. The molecule has 2 N–H and O–H groups in total. The summed E-state index contributed by atoms with van der Waals surface area (Å²) in [5, 5.41) is 3.96. The molecule has 0 fully saturated rings. The highest BCUT2D eigenvalue weighted by Gasteiger charge is 2.12. The molecule has 0 aromatic carbocycles. The van der Waals surface area contributed by atoms with Gasteiger partial charge >= 0.3 is 0 Å². The molecule has 0 unspecified atom stereocenters. The van der Waals surface area contributed by atoms with Crippen molar-refractivity contribution in [3.8, 4) is 11.5 Å². The molecule has 0 aliphatic rings. The molecule has 0 saturated carbocycles. The average molecular weight is 325 g/mol. The Morgan fingerprint density at radius 1 is 1.21 bits per heavy atom. The molecular formula is C13H17BrN4O. The highest BCUT2D eigenvalue weighted by atomic mass is 79.9. The molecule has 2 heterocycles. The van der Waals surface area contributed by atoms with Crippen molar-refractivity contribution in [1.82, 2.24) is 15.1 Å². The Bertz CT molecular complexity index is 515. The average Bonchev–Trinajstić information content (AvgIpc) is 2.88. The number of nitrogens with two attached hydrogens (primary N) is 1. The SMILES string of the molecule is NCCCCCCc1nc(-c2ncccc2Br)no1. The number of unbranched alkanes of at least 4 members (excludes halogenated alkanes) is 3. The second kappa shape index (κ2) is 7.35. The van der Waals surface area contributed by atoms with E-state index in [0.717, 1.165) is 43.1 Å². The van der Waals surface area contributed by atoms with E-state index in [-0.39, 0.29) is 0 Å². The summed E-state index contributed by atoms with van der Waals surface area (Å²) in [6, 6.07) is 3.76. The Morgan fingerprint density at radius 2 is 2.05 bits per heavy atom. The Balaban J connectivity index is 1.91. The summed E-state index contributed by atoms with van der Waals surface area (Å²) in [5.41, 5.74) is 6.16. The Labute approximate surface area is 120 Å².